The van der Waals surface area contributed by atoms with E-state index in [4.69, 9.17) is 9.52 Å². The van der Waals surface area contributed by atoms with Crippen molar-refractivity contribution in [3.8, 4) is 0 Å². The Balaban J connectivity index is 1.44. The Morgan fingerprint density at radius 3 is 2.91 bits per heavy atom. The minimum Gasteiger partial charge on any atom is -0.478 e. The van der Waals surface area contributed by atoms with E-state index in [1.54, 1.807) is 11.3 Å². The zero-order valence-electron chi connectivity index (χ0n) is 12.6. The number of carbonyl (C=O) groups is 2. The van der Waals surface area contributed by atoms with Crippen molar-refractivity contribution in [2.45, 2.75) is 38.5 Å². The van der Waals surface area contributed by atoms with Gasteiger partial charge < -0.3 is 14.8 Å². The summed E-state index contributed by atoms with van der Waals surface area (Å²) >= 11 is 1.79. The molecule has 2 N–H and O–H groups in total. The summed E-state index contributed by atoms with van der Waals surface area (Å²) in [5.41, 5.74) is 1.24. The van der Waals surface area contributed by atoms with Gasteiger partial charge in [0.15, 0.2) is 5.76 Å². The molecule has 1 aliphatic carbocycles. The second-order valence-corrected chi connectivity index (χ2v) is 6.72. The summed E-state index contributed by atoms with van der Waals surface area (Å²) in [4.78, 5) is 28.7. The largest absolute Gasteiger partial charge is 0.478 e. The Bertz CT molecular complexity index is 696. The maximum atomic E-state index is 11.8. The van der Waals surface area contributed by atoms with Crippen molar-refractivity contribution in [3.63, 3.8) is 0 Å². The summed E-state index contributed by atoms with van der Waals surface area (Å²) < 4.78 is 4.96. The van der Waals surface area contributed by atoms with Gasteiger partial charge in [0.05, 0.1) is 16.3 Å². The minimum atomic E-state index is -1.11. The molecule has 2 heterocycles. The van der Waals surface area contributed by atoms with Crippen LogP contribution in [0.25, 0.3) is 0 Å². The van der Waals surface area contributed by atoms with Crippen LogP contribution in [0.4, 0.5) is 0 Å². The van der Waals surface area contributed by atoms with E-state index < -0.39 is 11.9 Å². The second kappa shape index (κ2) is 6.95. The molecule has 2 aromatic rings. The van der Waals surface area contributed by atoms with E-state index in [0.717, 1.165) is 37.0 Å². The van der Waals surface area contributed by atoms with E-state index >= 15 is 0 Å². The molecule has 0 saturated carbocycles. The van der Waals surface area contributed by atoms with Crippen molar-refractivity contribution >= 4 is 23.2 Å². The summed E-state index contributed by atoms with van der Waals surface area (Å²) in [6, 6.07) is 1.23. The number of rotatable bonds is 6. The molecular formula is C16H18N2O4S. The Labute approximate surface area is 137 Å². The lowest BCUT2D eigenvalue weighted by Gasteiger charge is -2.06. The van der Waals surface area contributed by atoms with Crippen molar-refractivity contribution in [2.24, 2.45) is 0 Å². The fourth-order valence-corrected chi connectivity index (χ4v) is 3.81. The number of nitrogens with zero attached hydrogens (tertiary/aromatic N) is 1. The van der Waals surface area contributed by atoms with Gasteiger partial charge in [0.2, 0.25) is 0 Å². The van der Waals surface area contributed by atoms with Crippen LogP contribution in [0.3, 0.4) is 0 Å². The second-order valence-electron chi connectivity index (χ2n) is 5.55. The fourth-order valence-electron chi connectivity index (χ4n) is 2.61. The van der Waals surface area contributed by atoms with Crippen LogP contribution < -0.4 is 5.32 Å². The third-order valence-corrected chi connectivity index (χ3v) is 5.03. The van der Waals surface area contributed by atoms with E-state index in [-0.39, 0.29) is 11.3 Å². The number of furan rings is 1. The quantitative estimate of drug-likeness (QED) is 0.792. The average Bonchev–Trinajstić information content (AvgIpc) is 3.17. The molecule has 0 atom stereocenters. The van der Waals surface area contributed by atoms with Gasteiger partial charge in [-0.15, -0.1) is 11.3 Å². The topological polar surface area (TPSA) is 92.4 Å². The zero-order valence-corrected chi connectivity index (χ0v) is 13.4. The highest BCUT2D eigenvalue weighted by molar-refractivity contribution is 7.11. The third kappa shape index (κ3) is 3.79. The van der Waals surface area contributed by atoms with Gasteiger partial charge in [-0.1, -0.05) is 0 Å². The Kier molecular flexibility index (Phi) is 4.76. The number of aryl methyl sites for hydroxylation is 3. The Morgan fingerprint density at radius 2 is 2.17 bits per heavy atom. The van der Waals surface area contributed by atoms with Gasteiger partial charge in [0.1, 0.15) is 6.26 Å². The minimum absolute atomic E-state index is 0.0205. The Morgan fingerprint density at radius 1 is 1.35 bits per heavy atom. The van der Waals surface area contributed by atoms with E-state index in [1.807, 2.05) is 0 Å². The first-order valence-corrected chi connectivity index (χ1v) is 8.52. The molecule has 1 amide bonds. The number of aromatic nitrogens is 1. The number of hydrogen-bond donors (Lipinski definition) is 2. The molecule has 0 saturated heterocycles. The van der Waals surface area contributed by atoms with Crippen LogP contribution in [-0.4, -0.2) is 28.5 Å². The fraction of sp³-hybridized carbons (Fsp3) is 0.438. The smallest absolute Gasteiger partial charge is 0.338 e. The van der Waals surface area contributed by atoms with Crippen molar-refractivity contribution in [1.82, 2.24) is 10.3 Å². The number of carbonyl (C=O) groups excluding carboxylic acids is 1. The van der Waals surface area contributed by atoms with Crippen LogP contribution in [0.15, 0.2) is 16.7 Å². The SMILES string of the molecule is O=C(O)c1coc(C(=O)NCCCc2nc3c(s2)CCCC3)c1. The first kappa shape index (κ1) is 15.7. The summed E-state index contributed by atoms with van der Waals surface area (Å²) in [6.45, 7) is 0.506. The van der Waals surface area contributed by atoms with Gasteiger partial charge in [-0.05, 0) is 32.1 Å². The predicted molar refractivity (Wildman–Crippen MR) is 85.1 cm³/mol. The van der Waals surface area contributed by atoms with Crippen LogP contribution in [0, 0.1) is 0 Å². The van der Waals surface area contributed by atoms with E-state index in [1.165, 1.54) is 29.5 Å². The lowest BCUT2D eigenvalue weighted by molar-refractivity contribution is 0.0696. The molecule has 0 unspecified atom stereocenters. The summed E-state index contributed by atoms with van der Waals surface area (Å²) in [5, 5.41) is 12.7. The molecule has 0 radical (unpaired) electrons. The van der Waals surface area contributed by atoms with Crippen molar-refractivity contribution in [3.05, 3.63) is 39.2 Å². The number of thiazole rings is 1. The summed E-state index contributed by atoms with van der Waals surface area (Å²) in [5.74, 6) is -1.48. The van der Waals surface area contributed by atoms with E-state index in [0.29, 0.717) is 6.54 Å². The molecule has 0 spiro atoms. The number of carboxylic acids is 1. The van der Waals surface area contributed by atoms with E-state index in [2.05, 4.69) is 10.3 Å². The van der Waals surface area contributed by atoms with Crippen LogP contribution >= 0.6 is 11.3 Å². The predicted octanol–water partition coefficient (Wildman–Crippen LogP) is 2.68. The molecule has 2 aromatic heterocycles. The standard InChI is InChI=1S/C16H18N2O4S/c19-15(12-8-10(9-22-12)16(20)21)17-7-3-6-14-18-11-4-1-2-5-13(11)23-14/h8-9H,1-7H2,(H,17,19)(H,20,21). The van der Waals surface area contributed by atoms with Crippen LogP contribution in [-0.2, 0) is 19.3 Å². The molecule has 1 aliphatic rings. The van der Waals surface area contributed by atoms with Gasteiger partial charge in [-0.3, -0.25) is 4.79 Å². The number of nitrogens with one attached hydrogen (secondary N) is 1. The molecule has 0 bridgehead atoms. The summed E-state index contributed by atoms with van der Waals surface area (Å²) in [7, 11) is 0. The normalized spacial score (nSPS) is 13.6. The van der Waals surface area contributed by atoms with Gasteiger partial charge in [-0.25, -0.2) is 9.78 Å². The number of hydrogen-bond acceptors (Lipinski definition) is 5. The highest BCUT2D eigenvalue weighted by Gasteiger charge is 2.16. The highest BCUT2D eigenvalue weighted by atomic mass is 32.1. The lowest BCUT2D eigenvalue weighted by atomic mass is 10.0. The maximum absolute atomic E-state index is 11.8. The third-order valence-electron chi connectivity index (χ3n) is 3.81. The molecular weight excluding hydrogens is 316 g/mol. The highest BCUT2D eigenvalue weighted by Crippen LogP contribution is 2.27. The lowest BCUT2D eigenvalue weighted by Crippen LogP contribution is -2.24. The van der Waals surface area contributed by atoms with Crippen LogP contribution in [0.2, 0.25) is 0 Å². The van der Waals surface area contributed by atoms with E-state index in [9.17, 15) is 9.59 Å². The monoisotopic (exact) mass is 334 g/mol. The molecule has 3 rings (SSSR count). The number of amides is 1. The molecule has 0 fully saturated rings. The van der Waals surface area contributed by atoms with Gasteiger partial charge in [0, 0.05) is 23.9 Å². The molecule has 122 valence electrons. The molecule has 0 aromatic carbocycles. The number of aromatic carboxylic acids is 1. The average molecular weight is 334 g/mol. The zero-order chi connectivity index (χ0) is 16.2. The first-order chi connectivity index (χ1) is 11.1. The van der Waals surface area contributed by atoms with Gasteiger partial charge >= 0.3 is 5.97 Å². The number of fused-ring (bicyclic) bond motifs is 1. The van der Waals surface area contributed by atoms with Crippen molar-refractivity contribution in [1.29, 1.82) is 0 Å². The first-order valence-electron chi connectivity index (χ1n) is 7.71. The summed E-state index contributed by atoms with van der Waals surface area (Å²) in [6.07, 6.45) is 7.43. The molecule has 7 heteroatoms. The van der Waals surface area contributed by atoms with Crippen molar-refractivity contribution in [2.75, 3.05) is 6.54 Å². The van der Waals surface area contributed by atoms with Crippen LogP contribution in [0.1, 0.15) is 55.8 Å². The number of carboxylic acid groups (broad SMARTS) is 1. The maximum Gasteiger partial charge on any atom is 0.338 e. The Hall–Kier alpha value is -2.15. The molecule has 6 nitrogen and oxygen atoms in total. The molecule has 0 aliphatic heterocycles. The van der Waals surface area contributed by atoms with Gasteiger partial charge in [-0.2, -0.15) is 0 Å². The van der Waals surface area contributed by atoms with Gasteiger partial charge in [0.25, 0.3) is 5.91 Å². The van der Waals surface area contributed by atoms with Crippen molar-refractivity contribution < 1.29 is 19.1 Å². The van der Waals surface area contributed by atoms with Crippen LogP contribution in [0.5, 0.6) is 0 Å². The molecule has 23 heavy (non-hydrogen) atoms.